The molecule has 0 aliphatic carbocycles. The maximum Gasteiger partial charge on any atom is 0.240 e. The molecule has 0 unspecified atom stereocenters. The van der Waals surface area contributed by atoms with Crippen molar-refractivity contribution in [1.29, 1.82) is 0 Å². The topological polar surface area (TPSA) is 200 Å². The Bertz CT molecular complexity index is 534. The predicted molar refractivity (Wildman–Crippen MR) is 104 cm³/mol. The van der Waals surface area contributed by atoms with Crippen molar-refractivity contribution in [2.24, 2.45) is 33.8 Å². The SMILES string of the molecule is CCC[C@H](NC(=O)[C@@H](N)[C@H](O)C(C)C)C(=O)C(=O)[C@H](N)CCCN=C(N)N. The molecule has 0 saturated carbocycles. The third-order valence-corrected chi connectivity index (χ3v) is 4.11. The van der Waals surface area contributed by atoms with Crippen LogP contribution in [-0.4, -0.2) is 59.3 Å². The summed E-state index contributed by atoms with van der Waals surface area (Å²) in [5.41, 5.74) is 21.9. The number of hydrogen-bond donors (Lipinski definition) is 6. The highest BCUT2D eigenvalue weighted by molar-refractivity contribution is 6.41. The van der Waals surface area contributed by atoms with E-state index >= 15 is 0 Å². The summed E-state index contributed by atoms with van der Waals surface area (Å²) < 4.78 is 0. The molecule has 0 aromatic rings. The fraction of sp³-hybridized carbons (Fsp3) is 0.765. The second-order valence-corrected chi connectivity index (χ2v) is 6.89. The van der Waals surface area contributed by atoms with Crippen LogP contribution in [-0.2, 0) is 14.4 Å². The molecule has 0 aliphatic rings. The van der Waals surface area contributed by atoms with Gasteiger partial charge in [0.25, 0.3) is 0 Å². The minimum atomic E-state index is -1.19. The van der Waals surface area contributed by atoms with Gasteiger partial charge in [0.05, 0.1) is 18.2 Å². The number of nitrogens with one attached hydrogen (secondary N) is 1. The molecule has 27 heavy (non-hydrogen) atoms. The lowest BCUT2D eigenvalue weighted by atomic mass is 9.95. The Morgan fingerprint density at radius 3 is 2.15 bits per heavy atom. The third kappa shape index (κ3) is 8.94. The highest BCUT2D eigenvalue weighted by Gasteiger charge is 2.32. The van der Waals surface area contributed by atoms with Gasteiger partial charge in [0.2, 0.25) is 17.5 Å². The van der Waals surface area contributed by atoms with E-state index in [4.69, 9.17) is 22.9 Å². The lowest BCUT2D eigenvalue weighted by Gasteiger charge is -2.24. The number of rotatable bonds is 13. The second-order valence-electron chi connectivity index (χ2n) is 6.89. The molecule has 156 valence electrons. The number of hydrogen-bond acceptors (Lipinski definition) is 7. The van der Waals surface area contributed by atoms with Crippen LogP contribution in [0.5, 0.6) is 0 Å². The minimum Gasteiger partial charge on any atom is -0.391 e. The van der Waals surface area contributed by atoms with Crippen molar-refractivity contribution in [3.8, 4) is 0 Å². The van der Waals surface area contributed by atoms with Crippen molar-refractivity contribution in [1.82, 2.24) is 5.32 Å². The summed E-state index contributed by atoms with van der Waals surface area (Å²) in [7, 11) is 0. The van der Waals surface area contributed by atoms with Gasteiger partial charge in [0, 0.05) is 6.54 Å². The van der Waals surface area contributed by atoms with Crippen LogP contribution < -0.4 is 28.3 Å². The molecule has 10 heteroatoms. The molecule has 0 radical (unpaired) electrons. The molecular formula is C17H34N6O4. The van der Waals surface area contributed by atoms with Crippen LogP contribution in [0.3, 0.4) is 0 Å². The Labute approximate surface area is 160 Å². The summed E-state index contributed by atoms with van der Waals surface area (Å²) in [5.74, 6) is -2.51. The highest BCUT2D eigenvalue weighted by atomic mass is 16.3. The summed E-state index contributed by atoms with van der Waals surface area (Å²) >= 11 is 0. The third-order valence-electron chi connectivity index (χ3n) is 4.11. The standard InChI is InChI=1S/C17H34N6O4/c1-4-6-11(23-16(27)12(19)13(24)9(2)3)15(26)14(25)10(18)7-5-8-22-17(20)21/h9-13,24H,4-8,18-19H2,1-3H3,(H,23,27)(H4,20,21,22)/t10-,11+,12+,13-/m1/s1. The first-order valence-corrected chi connectivity index (χ1v) is 9.15. The number of carbonyl (C=O) groups excluding carboxylic acids is 3. The number of nitrogens with zero attached hydrogens (tertiary/aromatic N) is 1. The summed E-state index contributed by atoms with van der Waals surface area (Å²) in [6.45, 7) is 5.55. The van der Waals surface area contributed by atoms with E-state index in [1.807, 2.05) is 6.92 Å². The van der Waals surface area contributed by atoms with Gasteiger partial charge in [0.15, 0.2) is 5.96 Å². The zero-order valence-corrected chi connectivity index (χ0v) is 16.4. The lowest BCUT2D eigenvalue weighted by Crippen LogP contribution is -2.56. The molecule has 0 aromatic carbocycles. The highest BCUT2D eigenvalue weighted by Crippen LogP contribution is 2.08. The quantitative estimate of drug-likeness (QED) is 0.0914. The van der Waals surface area contributed by atoms with E-state index in [9.17, 15) is 19.5 Å². The van der Waals surface area contributed by atoms with Gasteiger partial charge in [0.1, 0.15) is 6.04 Å². The number of Topliss-reactive ketones (excluding diaryl/α,β-unsaturated/α-hetero) is 2. The Hall–Kier alpha value is -2.04. The van der Waals surface area contributed by atoms with Crippen molar-refractivity contribution >= 4 is 23.4 Å². The molecule has 1 amide bonds. The molecule has 0 heterocycles. The van der Waals surface area contributed by atoms with Gasteiger partial charge >= 0.3 is 0 Å². The molecular weight excluding hydrogens is 352 g/mol. The van der Waals surface area contributed by atoms with Gasteiger partial charge in [-0.3, -0.25) is 19.4 Å². The van der Waals surface area contributed by atoms with Gasteiger partial charge < -0.3 is 33.4 Å². The van der Waals surface area contributed by atoms with Crippen molar-refractivity contribution in [2.75, 3.05) is 6.54 Å². The van der Waals surface area contributed by atoms with E-state index in [-0.39, 0.29) is 24.7 Å². The Kier molecular flexibility index (Phi) is 11.4. The van der Waals surface area contributed by atoms with E-state index in [2.05, 4.69) is 10.3 Å². The van der Waals surface area contributed by atoms with Crippen LogP contribution in [0.4, 0.5) is 0 Å². The van der Waals surface area contributed by atoms with Gasteiger partial charge in [-0.25, -0.2) is 0 Å². The van der Waals surface area contributed by atoms with E-state index < -0.39 is 41.7 Å². The van der Waals surface area contributed by atoms with E-state index in [1.165, 1.54) is 0 Å². The van der Waals surface area contributed by atoms with Crippen LogP contribution in [0, 0.1) is 5.92 Å². The minimum absolute atomic E-state index is 0.0587. The van der Waals surface area contributed by atoms with Crippen molar-refractivity contribution in [3.63, 3.8) is 0 Å². The normalized spacial score (nSPS) is 15.5. The number of carbonyl (C=O) groups is 3. The van der Waals surface area contributed by atoms with Crippen LogP contribution >= 0.6 is 0 Å². The summed E-state index contributed by atoms with van der Waals surface area (Å²) in [4.78, 5) is 40.7. The summed E-state index contributed by atoms with van der Waals surface area (Å²) in [6, 6.07) is -3.22. The van der Waals surface area contributed by atoms with E-state index in [1.54, 1.807) is 13.8 Å². The Balaban J connectivity index is 4.87. The van der Waals surface area contributed by atoms with Crippen LogP contribution in [0.15, 0.2) is 4.99 Å². The predicted octanol–water partition coefficient (Wildman–Crippen LogP) is -1.87. The number of guanidine groups is 1. The molecule has 0 aromatic heterocycles. The number of aliphatic imine (C=N–C) groups is 1. The monoisotopic (exact) mass is 386 g/mol. The smallest absolute Gasteiger partial charge is 0.240 e. The zero-order valence-electron chi connectivity index (χ0n) is 16.4. The van der Waals surface area contributed by atoms with Crippen molar-refractivity contribution in [2.45, 2.75) is 70.7 Å². The van der Waals surface area contributed by atoms with Gasteiger partial charge in [-0.1, -0.05) is 27.2 Å². The molecule has 0 saturated heterocycles. The molecule has 0 spiro atoms. The van der Waals surface area contributed by atoms with Crippen LogP contribution in [0.2, 0.25) is 0 Å². The average Bonchev–Trinajstić information content (AvgIpc) is 2.61. The fourth-order valence-electron chi connectivity index (χ4n) is 2.40. The van der Waals surface area contributed by atoms with Gasteiger partial charge in [-0.2, -0.15) is 0 Å². The molecule has 0 bridgehead atoms. The fourth-order valence-corrected chi connectivity index (χ4v) is 2.40. The number of amides is 1. The van der Waals surface area contributed by atoms with Crippen molar-refractivity contribution in [3.05, 3.63) is 0 Å². The average molecular weight is 386 g/mol. The first-order valence-electron chi connectivity index (χ1n) is 9.15. The van der Waals surface area contributed by atoms with Gasteiger partial charge in [-0.15, -0.1) is 0 Å². The number of aliphatic hydroxyl groups excluding tert-OH is 1. The maximum atomic E-state index is 12.5. The second kappa shape index (κ2) is 12.4. The molecule has 0 fully saturated rings. The lowest BCUT2D eigenvalue weighted by molar-refractivity contribution is -0.140. The first kappa shape index (κ1) is 25.0. The number of nitrogens with two attached hydrogens (primary N) is 4. The molecule has 10 nitrogen and oxygen atoms in total. The maximum absolute atomic E-state index is 12.5. The van der Waals surface area contributed by atoms with Crippen molar-refractivity contribution < 1.29 is 19.5 Å². The van der Waals surface area contributed by atoms with Crippen LogP contribution in [0.1, 0.15) is 46.5 Å². The number of aliphatic hydroxyl groups is 1. The molecule has 4 atom stereocenters. The summed E-state index contributed by atoms with van der Waals surface area (Å²) in [6.07, 6.45) is 0.442. The molecule has 10 N–H and O–H groups in total. The Morgan fingerprint density at radius 2 is 1.67 bits per heavy atom. The summed E-state index contributed by atoms with van der Waals surface area (Å²) in [5, 5.41) is 12.4. The zero-order chi connectivity index (χ0) is 21.1. The van der Waals surface area contributed by atoms with E-state index in [0.717, 1.165) is 0 Å². The Morgan fingerprint density at radius 1 is 1.07 bits per heavy atom. The molecule has 0 rings (SSSR count). The van der Waals surface area contributed by atoms with Crippen LogP contribution in [0.25, 0.3) is 0 Å². The first-order chi connectivity index (χ1) is 12.5. The number of ketones is 2. The van der Waals surface area contributed by atoms with Gasteiger partial charge in [-0.05, 0) is 25.2 Å². The van der Waals surface area contributed by atoms with E-state index in [0.29, 0.717) is 19.4 Å². The molecule has 0 aliphatic heterocycles. The largest absolute Gasteiger partial charge is 0.391 e.